The Morgan fingerprint density at radius 1 is 0.844 bits per heavy atom. The molecule has 2 aliphatic heterocycles. The van der Waals surface area contributed by atoms with Gasteiger partial charge in [-0.25, -0.2) is 8.42 Å². The van der Waals surface area contributed by atoms with E-state index in [0.29, 0.717) is 45.3 Å². The second kappa shape index (κ2) is 10.3. The van der Waals surface area contributed by atoms with Crippen molar-refractivity contribution in [1.82, 2.24) is 24.3 Å². The zero-order valence-corrected chi connectivity index (χ0v) is 19.3. The molecule has 1 N–H and O–H groups in total. The van der Waals surface area contributed by atoms with Gasteiger partial charge in [0.2, 0.25) is 21.8 Å². The zero-order valence-electron chi connectivity index (χ0n) is 18.5. The first kappa shape index (κ1) is 23.2. The number of hydrogen-bond donors (Lipinski definition) is 1. The van der Waals surface area contributed by atoms with Crippen molar-refractivity contribution >= 4 is 21.8 Å². The largest absolute Gasteiger partial charge is 0.352 e. The highest BCUT2D eigenvalue weighted by Gasteiger charge is 2.30. The molecule has 0 atom stereocenters. The Kier molecular flexibility index (Phi) is 7.44. The third-order valence-electron chi connectivity index (χ3n) is 6.31. The van der Waals surface area contributed by atoms with Gasteiger partial charge in [0.15, 0.2) is 0 Å². The van der Waals surface area contributed by atoms with E-state index in [4.69, 9.17) is 0 Å². The quantitative estimate of drug-likeness (QED) is 0.562. The SMILES string of the molecule is O=C(CN1CCN(CC(=O)N2CCN(S(=O)(=O)Cc3ccccc3)CC2)CC1)NC1CC1. The molecule has 0 aromatic heterocycles. The van der Waals surface area contributed by atoms with E-state index in [0.717, 1.165) is 44.6 Å². The second-order valence-corrected chi connectivity index (χ2v) is 10.9. The Morgan fingerprint density at radius 2 is 1.44 bits per heavy atom. The Balaban J connectivity index is 1.17. The molecule has 3 aliphatic rings. The molecule has 2 amide bonds. The van der Waals surface area contributed by atoms with E-state index >= 15 is 0 Å². The summed E-state index contributed by atoms with van der Waals surface area (Å²) >= 11 is 0. The topological polar surface area (TPSA) is 93.3 Å². The van der Waals surface area contributed by atoms with Crippen LogP contribution in [0.4, 0.5) is 0 Å². The van der Waals surface area contributed by atoms with E-state index in [2.05, 4.69) is 15.1 Å². The molecule has 9 nitrogen and oxygen atoms in total. The van der Waals surface area contributed by atoms with Gasteiger partial charge in [0.05, 0.1) is 18.8 Å². The lowest BCUT2D eigenvalue weighted by molar-refractivity contribution is -0.134. The number of hydrogen-bond acceptors (Lipinski definition) is 6. The van der Waals surface area contributed by atoms with Crippen LogP contribution in [0.3, 0.4) is 0 Å². The molecule has 1 aliphatic carbocycles. The maximum atomic E-state index is 12.7. The molecule has 2 heterocycles. The van der Waals surface area contributed by atoms with Crippen LogP contribution in [0.25, 0.3) is 0 Å². The van der Waals surface area contributed by atoms with Gasteiger partial charge in [-0.2, -0.15) is 4.31 Å². The summed E-state index contributed by atoms with van der Waals surface area (Å²) < 4.78 is 26.9. The van der Waals surface area contributed by atoms with Gasteiger partial charge in [-0.05, 0) is 18.4 Å². The first-order valence-corrected chi connectivity index (χ1v) is 13.0. The van der Waals surface area contributed by atoms with Gasteiger partial charge >= 0.3 is 0 Å². The maximum Gasteiger partial charge on any atom is 0.236 e. The highest BCUT2D eigenvalue weighted by molar-refractivity contribution is 7.88. The highest BCUT2D eigenvalue weighted by atomic mass is 32.2. The van der Waals surface area contributed by atoms with Crippen LogP contribution in [0.2, 0.25) is 0 Å². The number of carbonyl (C=O) groups is 2. The van der Waals surface area contributed by atoms with Gasteiger partial charge in [-0.15, -0.1) is 0 Å². The number of rotatable bonds is 8. The van der Waals surface area contributed by atoms with Crippen LogP contribution in [0.1, 0.15) is 18.4 Å². The van der Waals surface area contributed by atoms with E-state index in [1.807, 2.05) is 30.3 Å². The molecule has 3 fully saturated rings. The van der Waals surface area contributed by atoms with E-state index < -0.39 is 10.0 Å². The standard InChI is InChI=1S/C22H33N5O4S/c28-21(23-20-6-7-20)16-24-8-10-25(11-9-24)17-22(29)26-12-14-27(15-13-26)32(30,31)18-19-4-2-1-3-5-19/h1-5,20H,6-18H2,(H,23,28). The summed E-state index contributed by atoms with van der Waals surface area (Å²) in [5.41, 5.74) is 0.773. The van der Waals surface area contributed by atoms with Crippen LogP contribution >= 0.6 is 0 Å². The van der Waals surface area contributed by atoms with Crippen molar-refractivity contribution in [3.63, 3.8) is 0 Å². The predicted molar refractivity (Wildman–Crippen MR) is 121 cm³/mol. The molecule has 1 aromatic carbocycles. The summed E-state index contributed by atoms with van der Waals surface area (Å²) in [4.78, 5) is 30.7. The minimum atomic E-state index is -3.39. The lowest BCUT2D eigenvalue weighted by Crippen LogP contribution is -2.55. The molecule has 1 saturated carbocycles. The van der Waals surface area contributed by atoms with Gasteiger partial charge in [0, 0.05) is 58.4 Å². The first-order valence-electron chi connectivity index (χ1n) is 11.4. The number of benzene rings is 1. The molecule has 32 heavy (non-hydrogen) atoms. The van der Waals surface area contributed by atoms with Crippen molar-refractivity contribution in [1.29, 1.82) is 0 Å². The Labute approximate surface area is 190 Å². The molecular formula is C22H33N5O4S. The lowest BCUT2D eigenvalue weighted by Gasteiger charge is -2.37. The Bertz CT molecular complexity index is 890. The number of carbonyl (C=O) groups excluding carboxylic acids is 2. The molecular weight excluding hydrogens is 430 g/mol. The number of sulfonamides is 1. The highest BCUT2D eigenvalue weighted by Crippen LogP contribution is 2.18. The summed E-state index contributed by atoms with van der Waals surface area (Å²) in [6.45, 7) is 5.37. The van der Waals surface area contributed by atoms with Crippen molar-refractivity contribution in [2.45, 2.75) is 24.6 Å². The van der Waals surface area contributed by atoms with Crippen LogP contribution in [-0.4, -0.2) is 111 Å². The van der Waals surface area contributed by atoms with Crippen LogP contribution in [0.5, 0.6) is 0 Å². The van der Waals surface area contributed by atoms with Crippen LogP contribution in [0, 0.1) is 0 Å². The van der Waals surface area contributed by atoms with E-state index in [9.17, 15) is 18.0 Å². The fraction of sp³-hybridized carbons (Fsp3) is 0.636. The zero-order chi connectivity index (χ0) is 22.6. The molecule has 176 valence electrons. The van der Waals surface area contributed by atoms with Gasteiger partial charge in [-0.3, -0.25) is 19.4 Å². The Morgan fingerprint density at radius 3 is 2.03 bits per heavy atom. The predicted octanol–water partition coefficient (Wildman–Crippen LogP) is -0.443. The van der Waals surface area contributed by atoms with Crippen molar-refractivity contribution in [3.05, 3.63) is 35.9 Å². The molecule has 0 radical (unpaired) electrons. The van der Waals surface area contributed by atoms with E-state index in [1.165, 1.54) is 4.31 Å². The number of amides is 2. The average Bonchev–Trinajstić information content (AvgIpc) is 3.59. The van der Waals surface area contributed by atoms with Gasteiger partial charge < -0.3 is 10.2 Å². The van der Waals surface area contributed by atoms with Crippen LogP contribution in [-0.2, 0) is 25.4 Å². The van der Waals surface area contributed by atoms with Crippen molar-refractivity contribution in [2.75, 3.05) is 65.4 Å². The summed E-state index contributed by atoms with van der Waals surface area (Å²) in [5, 5.41) is 3.01. The minimum Gasteiger partial charge on any atom is -0.352 e. The first-order chi connectivity index (χ1) is 15.4. The molecule has 0 bridgehead atoms. The van der Waals surface area contributed by atoms with Crippen molar-refractivity contribution in [2.24, 2.45) is 0 Å². The number of piperazine rings is 2. The normalized spacial score (nSPS) is 21.4. The summed E-state index contributed by atoms with van der Waals surface area (Å²) in [6.07, 6.45) is 2.18. The maximum absolute atomic E-state index is 12.7. The third kappa shape index (κ3) is 6.50. The molecule has 4 rings (SSSR count). The molecule has 1 aromatic rings. The fourth-order valence-electron chi connectivity index (χ4n) is 4.19. The summed E-state index contributed by atoms with van der Waals surface area (Å²) in [6, 6.07) is 9.56. The van der Waals surface area contributed by atoms with E-state index in [-0.39, 0.29) is 17.6 Å². The molecule has 0 unspecified atom stereocenters. The Hall–Kier alpha value is -2.01. The second-order valence-electron chi connectivity index (χ2n) is 8.92. The lowest BCUT2D eigenvalue weighted by atomic mass is 10.2. The van der Waals surface area contributed by atoms with Gasteiger partial charge in [-0.1, -0.05) is 30.3 Å². The van der Waals surface area contributed by atoms with Crippen LogP contribution < -0.4 is 5.32 Å². The average molecular weight is 464 g/mol. The van der Waals surface area contributed by atoms with Gasteiger partial charge in [0.25, 0.3) is 0 Å². The van der Waals surface area contributed by atoms with Crippen molar-refractivity contribution < 1.29 is 18.0 Å². The smallest absolute Gasteiger partial charge is 0.236 e. The monoisotopic (exact) mass is 463 g/mol. The van der Waals surface area contributed by atoms with Gasteiger partial charge in [0.1, 0.15) is 0 Å². The number of nitrogens with one attached hydrogen (secondary N) is 1. The third-order valence-corrected chi connectivity index (χ3v) is 8.16. The molecule has 2 saturated heterocycles. The fourth-order valence-corrected chi connectivity index (χ4v) is 5.71. The van der Waals surface area contributed by atoms with Crippen molar-refractivity contribution in [3.8, 4) is 0 Å². The summed E-state index contributed by atoms with van der Waals surface area (Å²) in [5.74, 6) is 0.132. The molecule has 0 spiro atoms. The van der Waals surface area contributed by atoms with Crippen LogP contribution in [0.15, 0.2) is 30.3 Å². The minimum absolute atomic E-state index is 0.00918. The number of nitrogens with zero attached hydrogens (tertiary/aromatic N) is 4. The van der Waals surface area contributed by atoms with E-state index in [1.54, 1.807) is 4.90 Å². The molecule has 10 heteroatoms. The summed E-state index contributed by atoms with van der Waals surface area (Å²) in [7, 11) is -3.39.